The van der Waals surface area contributed by atoms with Crippen molar-refractivity contribution in [3.05, 3.63) is 16.1 Å². The monoisotopic (exact) mass is 255 g/mol. The summed E-state index contributed by atoms with van der Waals surface area (Å²) in [6.45, 7) is 8.12. The van der Waals surface area contributed by atoms with Crippen LogP contribution in [-0.2, 0) is 11.3 Å². The lowest BCUT2D eigenvalue weighted by Gasteiger charge is -2.07. The van der Waals surface area contributed by atoms with E-state index in [-0.39, 0.29) is 5.91 Å². The molecule has 5 heteroatoms. The van der Waals surface area contributed by atoms with E-state index in [2.05, 4.69) is 29.5 Å². The topological polar surface area (TPSA) is 54.0 Å². The van der Waals surface area contributed by atoms with E-state index in [4.69, 9.17) is 0 Å². The van der Waals surface area contributed by atoms with Gasteiger partial charge in [0, 0.05) is 24.2 Å². The van der Waals surface area contributed by atoms with Crippen LogP contribution in [0.4, 0.5) is 0 Å². The summed E-state index contributed by atoms with van der Waals surface area (Å²) in [4.78, 5) is 16.8. The smallest absolute Gasteiger partial charge is 0.233 e. The second-order valence-electron chi connectivity index (χ2n) is 4.48. The second kappa shape index (κ2) is 7.40. The van der Waals surface area contributed by atoms with Gasteiger partial charge in [-0.3, -0.25) is 4.79 Å². The SMILES string of the molecule is Cc1ncc(CNCC(=O)NCCC(C)C)s1. The number of nitrogens with one attached hydrogen (secondary N) is 2. The van der Waals surface area contributed by atoms with Crippen LogP contribution in [0.3, 0.4) is 0 Å². The fraction of sp³-hybridized carbons (Fsp3) is 0.667. The van der Waals surface area contributed by atoms with Crippen LogP contribution in [0, 0.1) is 12.8 Å². The Morgan fingerprint density at radius 1 is 1.53 bits per heavy atom. The van der Waals surface area contributed by atoms with Crippen LogP contribution < -0.4 is 10.6 Å². The fourth-order valence-corrected chi connectivity index (χ4v) is 2.11. The summed E-state index contributed by atoms with van der Waals surface area (Å²) >= 11 is 1.66. The van der Waals surface area contributed by atoms with E-state index in [1.807, 2.05) is 13.1 Å². The molecule has 1 aromatic heterocycles. The lowest BCUT2D eigenvalue weighted by atomic mass is 10.1. The van der Waals surface area contributed by atoms with Gasteiger partial charge in [0.1, 0.15) is 0 Å². The summed E-state index contributed by atoms with van der Waals surface area (Å²) in [7, 11) is 0. The summed E-state index contributed by atoms with van der Waals surface area (Å²) in [5.74, 6) is 0.690. The standard InChI is InChI=1S/C12H21N3OS/c1-9(2)4-5-14-12(16)8-13-6-11-7-15-10(3)17-11/h7,9,13H,4-6,8H2,1-3H3,(H,14,16). The van der Waals surface area contributed by atoms with E-state index in [1.54, 1.807) is 11.3 Å². The molecule has 0 radical (unpaired) electrons. The van der Waals surface area contributed by atoms with Gasteiger partial charge in [-0.15, -0.1) is 11.3 Å². The zero-order valence-corrected chi connectivity index (χ0v) is 11.6. The van der Waals surface area contributed by atoms with Gasteiger partial charge in [-0.25, -0.2) is 4.98 Å². The summed E-state index contributed by atoms with van der Waals surface area (Å²) in [6.07, 6.45) is 2.88. The van der Waals surface area contributed by atoms with Crippen molar-refractivity contribution in [2.75, 3.05) is 13.1 Å². The highest BCUT2D eigenvalue weighted by molar-refractivity contribution is 7.11. The molecule has 0 atom stereocenters. The minimum absolute atomic E-state index is 0.0619. The maximum atomic E-state index is 11.4. The first kappa shape index (κ1) is 14.1. The Morgan fingerprint density at radius 2 is 2.29 bits per heavy atom. The van der Waals surface area contributed by atoms with E-state index in [0.29, 0.717) is 19.0 Å². The second-order valence-corrected chi connectivity index (χ2v) is 5.80. The third-order valence-electron chi connectivity index (χ3n) is 2.30. The largest absolute Gasteiger partial charge is 0.355 e. The summed E-state index contributed by atoms with van der Waals surface area (Å²) in [5.41, 5.74) is 0. The van der Waals surface area contributed by atoms with Crippen LogP contribution in [-0.4, -0.2) is 24.0 Å². The number of aromatic nitrogens is 1. The van der Waals surface area contributed by atoms with Gasteiger partial charge in [0.25, 0.3) is 0 Å². The number of aryl methyl sites for hydroxylation is 1. The molecule has 1 amide bonds. The molecule has 0 fully saturated rings. The molecule has 0 aromatic carbocycles. The summed E-state index contributed by atoms with van der Waals surface area (Å²) in [6, 6.07) is 0. The van der Waals surface area contributed by atoms with E-state index in [9.17, 15) is 4.79 Å². The average molecular weight is 255 g/mol. The van der Waals surface area contributed by atoms with Crippen molar-refractivity contribution < 1.29 is 4.79 Å². The van der Waals surface area contributed by atoms with Gasteiger partial charge < -0.3 is 10.6 Å². The number of nitrogens with zero attached hydrogens (tertiary/aromatic N) is 1. The first-order chi connectivity index (χ1) is 8.08. The molecule has 0 aliphatic rings. The molecule has 0 aliphatic carbocycles. The van der Waals surface area contributed by atoms with Gasteiger partial charge in [0.15, 0.2) is 0 Å². The van der Waals surface area contributed by atoms with Crippen LogP contribution in [0.15, 0.2) is 6.20 Å². The summed E-state index contributed by atoms with van der Waals surface area (Å²) < 4.78 is 0. The first-order valence-electron chi connectivity index (χ1n) is 5.96. The van der Waals surface area contributed by atoms with E-state index >= 15 is 0 Å². The quantitative estimate of drug-likeness (QED) is 0.780. The Morgan fingerprint density at radius 3 is 2.88 bits per heavy atom. The molecule has 0 saturated heterocycles. The Kier molecular flexibility index (Phi) is 6.15. The maximum absolute atomic E-state index is 11.4. The Labute approximate surface area is 107 Å². The number of hydrogen-bond acceptors (Lipinski definition) is 4. The maximum Gasteiger partial charge on any atom is 0.233 e. The number of thiazole rings is 1. The van der Waals surface area contributed by atoms with Crippen molar-refractivity contribution in [3.63, 3.8) is 0 Å². The van der Waals surface area contributed by atoms with E-state index in [0.717, 1.165) is 22.9 Å². The van der Waals surface area contributed by atoms with Crippen molar-refractivity contribution in [1.82, 2.24) is 15.6 Å². The molecule has 1 aromatic rings. The summed E-state index contributed by atoms with van der Waals surface area (Å²) in [5, 5.41) is 7.06. The van der Waals surface area contributed by atoms with Crippen molar-refractivity contribution in [2.24, 2.45) is 5.92 Å². The Balaban J connectivity index is 2.08. The molecule has 17 heavy (non-hydrogen) atoms. The third-order valence-corrected chi connectivity index (χ3v) is 3.21. The molecule has 0 saturated carbocycles. The lowest BCUT2D eigenvalue weighted by Crippen LogP contribution is -2.34. The number of carbonyl (C=O) groups excluding carboxylic acids is 1. The first-order valence-corrected chi connectivity index (χ1v) is 6.78. The number of rotatable bonds is 7. The van der Waals surface area contributed by atoms with Gasteiger partial charge in [-0.1, -0.05) is 13.8 Å². The minimum Gasteiger partial charge on any atom is -0.355 e. The highest BCUT2D eigenvalue weighted by Crippen LogP contribution is 2.10. The molecule has 0 aliphatic heterocycles. The molecule has 0 spiro atoms. The van der Waals surface area contributed by atoms with Crippen LogP contribution in [0.2, 0.25) is 0 Å². The van der Waals surface area contributed by atoms with Crippen LogP contribution in [0.1, 0.15) is 30.2 Å². The minimum atomic E-state index is 0.0619. The van der Waals surface area contributed by atoms with E-state index < -0.39 is 0 Å². The van der Waals surface area contributed by atoms with Gasteiger partial charge >= 0.3 is 0 Å². The van der Waals surface area contributed by atoms with Crippen molar-refractivity contribution >= 4 is 17.2 Å². The fourth-order valence-electron chi connectivity index (χ4n) is 1.35. The highest BCUT2D eigenvalue weighted by atomic mass is 32.1. The van der Waals surface area contributed by atoms with Crippen molar-refractivity contribution in [3.8, 4) is 0 Å². The molecule has 96 valence electrons. The zero-order valence-electron chi connectivity index (χ0n) is 10.7. The van der Waals surface area contributed by atoms with Gasteiger partial charge in [-0.2, -0.15) is 0 Å². The average Bonchev–Trinajstić information content (AvgIpc) is 2.63. The number of carbonyl (C=O) groups is 1. The molecule has 1 rings (SSSR count). The molecule has 0 bridgehead atoms. The molecule has 2 N–H and O–H groups in total. The van der Waals surface area contributed by atoms with Crippen molar-refractivity contribution in [1.29, 1.82) is 0 Å². The predicted octanol–water partition coefficient (Wildman–Crippen LogP) is 1.70. The van der Waals surface area contributed by atoms with Gasteiger partial charge in [0.05, 0.1) is 11.6 Å². The van der Waals surface area contributed by atoms with Crippen LogP contribution in [0.25, 0.3) is 0 Å². The normalized spacial score (nSPS) is 10.8. The zero-order chi connectivity index (χ0) is 12.7. The molecule has 0 unspecified atom stereocenters. The Bertz CT molecular complexity index is 349. The molecule has 1 heterocycles. The van der Waals surface area contributed by atoms with E-state index in [1.165, 1.54) is 0 Å². The van der Waals surface area contributed by atoms with Crippen LogP contribution >= 0.6 is 11.3 Å². The van der Waals surface area contributed by atoms with Crippen LogP contribution in [0.5, 0.6) is 0 Å². The molecule has 4 nitrogen and oxygen atoms in total. The number of hydrogen-bond donors (Lipinski definition) is 2. The Hall–Kier alpha value is -0.940. The lowest BCUT2D eigenvalue weighted by molar-refractivity contribution is -0.120. The number of amides is 1. The van der Waals surface area contributed by atoms with Crippen molar-refractivity contribution in [2.45, 2.75) is 33.7 Å². The highest BCUT2D eigenvalue weighted by Gasteiger charge is 2.02. The third kappa shape index (κ3) is 6.38. The molecular weight excluding hydrogens is 234 g/mol. The van der Waals surface area contributed by atoms with Gasteiger partial charge in [-0.05, 0) is 19.3 Å². The molecular formula is C12H21N3OS. The van der Waals surface area contributed by atoms with Gasteiger partial charge in [0.2, 0.25) is 5.91 Å². The predicted molar refractivity (Wildman–Crippen MR) is 71.0 cm³/mol.